The van der Waals surface area contributed by atoms with Crippen LogP contribution in [0.2, 0.25) is 0 Å². The molecule has 16 heavy (non-hydrogen) atoms. The van der Waals surface area contributed by atoms with Gasteiger partial charge in [0.25, 0.3) is 0 Å². The van der Waals surface area contributed by atoms with E-state index in [1.807, 2.05) is 13.8 Å². The molecule has 0 amide bonds. The second-order valence-electron chi connectivity index (χ2n) is 4.26. The van der Waals surface area contributed by atoms with Crippen LogP contribution >= 0.6 is 15.9 Å². The largest absolute Gasteiger partial charge is 0.398 e. The highest BCUT2D eigenvalue weighted by atomic mass is 79.9. The molecular formula is C11H16BrNO2S. The molecule has 1 aromatic rings. The van der Waals surface area contributed by atoms with Crippen LogP contribution in [0.25, 0.3) is 0 Å². The van der Waals surface area contributed by atoms with Gasteiger partial charge in [0.15, 0.2) is 9.84 Å². The number of sulfone groups is 1. The fourth-order valence-corrected chi connectivity index (χ4v) is 4.12. The molecule has 0 heterocycles. The normalized spacial score (nSPS) is 12.0. The van der Waals surface area contributed by atoms with E-state index in [0.717, 1.165) is 4.47 Å². The minimum absolute atomic E-state index is 0.00155. The number of benzene rings is 1. The molecule has 0 saturated carbocycles. The van der Waals surface area contributed by atoms with Crippen molar-refractivity contribution < 1.29 is 8.42 Å². The Labute approximate surface area is 105 Å². The van der Waals surface area contributed by atoms with E-state index >= 15 is 0 Å². The maximum atomic E-state index is 11.8. The standard InChI is InChI=1S/C11H16BrNO2S/c1-8(2)6-16(14,15)7-9-10(12)4-3-5-11(9)13/h3-5,8H,6-7,13H2,1-2H3. The van der Waals surface area contributed by atoms with Crippen LogP contribution in [0.3, 0.4) is 0 Å². The third-order valence-corrected chi connectivity index (χ3v) is 4.75. The number of rotatable bonds is 4. The van der Waals surface area contributed by atoms with Gasteiger partial charge in [-0.3, -0.25) is 0 Å². The lowest BCUT2D eigenvalue weighted by Gasteiger charge is -2.10. The maximum absolute atomic E-state index is 11.8. The van der Waals surface area contributed by atoms with Gasteiger partial charge in [-0.1, -0.05) is 35.8 Å². The van der Waals surface area contributed by atoms with Crippen molar-refractivity contribution in [1.82, 2.24) is 0 Å². The molecule has 5 heteroatoms. The predicted molar refractivity (Wildman–Crippen MR) is 70.9 cm³/mol. The van der Waals surface area contributed by atoms with Crippen molar-refractivity contribution in [2.24, 2.45) is 5.92 Å². The smallest absolute Gasteiger partial charge is 0.154 e. The van der Waals surface area contributed by atoms with Crippen LogP contribution in [-0.2, 0) is 15.6 Å². The molecule has 0 radical (unpaired) electrons. The molecule has 0 aromatic heterocycles. The molecule has 2 N–H and O–H groups in total. The van der Waals surface area contributed by atoms with Gasteiger partial charge in [-0.25, -0.2) is 8.42 Å². The van der Waals surface area contributed by atoms with Gasteiger partial charge in [0.05, 0.1) is 11.5 Å². The van der Waals surface area contributed by atoms with Crippen LogP contribution in [0.15, 0.2) is 22.7 Å². The summed E-state index contributed by atoms with van der Waals surface area (Å²) in [6, 6.07) is 5.31. The second kappa shape index (κ2) is 5.19. The van der Waals surface area contributed by atoms with Crippen molar-refractivity contribution in [2.45, 2.75) is 19.6 Å². The van der Waals surface area contributed by atoms with Crippen molar-refractivity contribution in [3.8, 4) is 0 Å². The van der Waals surface area contributed by atoms with E-state index in [4.69, 9.17) is 5.73 Å². The van der Waals surface area contributed by atoms with Crippen LogP contribution < -0.4 is 5.73 Å². The second-order valence-corrected chi connectivity index (χ2v) is 7.22. The minimum Gasteiger partial charge on any atom is -0.398 e. The van der Waals surface area contributed by atoms with E-state index in [9.17, 15) is 8.42 Å². The van der Waals surface area contributed by atoms with Gasteiger partial charge in [-0.2, -0.15) is 0 Å². The Hall–Kier alpha value is -0.550. The zero-order valence-corrected chi connectivity index (χ0v) is 11.8. The molecule has 3 nitrogen and oxygen atoms in total. The molecule has 0 fully saturated rings. The van der Waals surface area contributed by atoms with Crippen molar-refractivity contribution in [3.63, 3.8) is 0 Å². The summed E-state index contributed by atoms with van der Waals surface area (Å²) in [6.07, 6.45) is 0. The Balaban J connectivity index is 2.97. The van der Waals surface area contributed by atoms with E-state index in [1.165, 1.54) is 0 Å². The van der Waals surface area contributed by atoms with Crippen LogP contribution in [-0.4, -0.2) is 14.2 Å². The molecule has 0 atom stereocenters. The van der Waals surface area contributed by atoms with Crippen LogP contribution in [0, 0.1) is 5.92 Å². The molecule has 0 unspecified atom stereocenters. The first-order chi connectivity index (χ1) is 7.32. The average molecular weight is 306 g/mol. The molecular weight excluding hydrogens is 290 g/mol. The summed E-state index contributed by atoms with van der Waals surface area (Å²) in [5.74, 6) is 0.320. The van der Waals surface area contributed by atoms with Gasteiger partial charge in [0.1, 0.15) is 0 Å². The van der Waals surface area contributed by atoms with Gasteiger partial charge in [0.2, 0.25) is 0 Å². The van der Waals surface area contributed by atoms with Gasteiger partial charge in [-0.15, -0.1) is 0 Å². The topological polar surface area (TPSA) is 60.2 Å². The number of nitrogens with two attached hydrogens (primary N) is 1. The van der Waals surface area contributed by atoms with Gasteiger partial charge in [0, 0.05) is 15.7 Å². The SMILES string of the molecule is CC(C)CS(=O)(=O)Cc1c(N)cccc1Br. The molecule has 0 saturated heterocycles. The zero-order valence-electron chi connectivity index (χ0n) is 9.40. The molecule has 0 aliphatic heterocycles. The fourth-order valence-electron chi connectivity index (χ4n) is 1.51. The minimum atomic E-state index is -3.09. The number of hydrogen-bond donors (Lipinski definition) is 1. The zero-order chi connectivity index (χ0) is 12.3. The Bertz CT molecular complexity index is 449. The highest BCUT2D eigenvalue weighted by Crippen LogP contribution is 2.25. The summed E-state index contributed by atoms with van der Waals surface area (Å²) in [5, 5.41) is 0. The maximum Gasteiger partial charge on any atom is 0.154 e. The third kappa shape index (κ3) is 3.79. The monoisotopic (exact) mass is 305 g/mol. The Morgan fingerprint density at radius 3 is 2.50 bits per heavy atom. The number of nitrogen functional groups attached to an aromatic ring is 1. The summed E-state index contributed by atoms with van der Waals surface area (Å²) in [5.41, 5.74) is 6.94. The Morgan fingerprint density at radius 2 is 2.00 bits per heavy atom. The van der Waals surface area contributed by atoms with E-state index in [0.29, 0.717) is 11.3 Å². The first kappa shape index (κ1) is 13.5. The highest BCUT2D eigenvalue weighted by molar-refractivity contribution is 9.10. The van der Waals surface area contributed by atoms with E-state index in [2.05, 4.69) is 15.9 Å². The third-order valence-electron chi connectivity index (χ3n) is 2.11. The highest BCUT2D eigenvalue weighted by Gasteiger charge is 2.17. The fraction of sp³-hybridized carbons (Fsp3) is 0.455. The number of halogens is 1. The number of anilines is 1. The van der Waals surface area contributed by atoms with Gasteiger partial charge >= 0.3 is 0 Å². The van der Waals surface area contributed by atoms with E-state index < -0.39 is 9.84 Å². The van der Waals surface area contributed by atoms with Crippen LogP contribution in [0.1, 0.15) is 19.4 Å². The van der Waals surface area contributed by atoms with Crippen LogP contribution in [0.5, 0.6) is 0 Å². The molecule has 90 valence electrons. The predicted octanol–water partition coefficient (Wildman–Crippen LogP) is 2.60. The molecule has 0 bridgehead atoms. The Morgan fingerprint density at radius 1 is 1.38 bits per heavy atom. The van der Waals surface area contributed by atoms with E-state index in [1.54, 1.807) is 18.2 Å². The summed E-state index contributed by atoms with van der Waals surface area (Å²) in [7, 11) is -3.09. The first-order valence-corrected chi connectivity index (χ1v) is 7.66. The lowest BCUT2D eigenvalue weighted by Crippen LogP contribution is -2.15. The van der Waals surface area contributed by atoms with Crippen molar-refractivity contribution in [2.75, 3.05) is 11.5 Å². The summed E-state index contributed by atoms with van der Waals surface area (Å²) in [6.45, 7) is 3.78. The molecule has 0 aliphatic carbocycles. The quantitative estimate of drug-likeness (QED) is 0.870. The molecule has 0 aliphatic rings. The Kier molecular flexibility index (Phi) is 4.38. The van der Waals surface area contributed by atoms with Crippen molar-refractivity contribution in [1.29, 1.82) is 0 Å². The number of hydrogen-bond acceptors (Lipinski definition) is 3. The lowest BCUT2D eigenvalue weighted by atomic mass is 10.2. The van der Waals surface area contributed by atoms with Gasteiger partial charge < -0.3 is 5.73 Å². The van der Waals surface area contributed by atoms with Crippen LogP contribution in [0.4, 0.5) is 5.69 Å². The van der Waals surface area contributed by atoms with Crippen molar-refractivity contribution >= 4 is 31.5 Å². The first-order valence-electron chi connectivity index (χ1n) is 5.05. The molecule has 1 rings (SSSR count). The lowest BCUT2D eigenvalue weighted by molar-refractivity contribution is 0.581. The van der Waals surface area contributed by atoms with E-state index in [-0.39, 0.29) is 17.4 Å². The summed E-state index contributed by atoms with van der Waals surface area (Å²) >= 11 is 3.32. The summed E-state index contributed by atoms with van der Waals surface area (Å²) < 4.78 is 24.4. The average Bonchev–Trinajstić information content (AvgIpc) is 2.09. The molecule has 0 spiro atoms. The summed E-state index contributed by atoms with van der Waals surface area (Å²) in [4.78, 5) is 0. The van der Waals surface area contributed by atoms with Crippen molar-refractivity contribution in [3.05, 3.63) is 28.2 Å². The van der Waals surface area contributed by atoms with Gasteiger partial charge in [-0.05, 0) is 18.1 Å². The molecule has 1 aromatic carbocycles.